The first-order valence-corrected chi connectivity index (χ1v) is 7.31. The highest BCUT2D eigenvalue weighted by Crippen LogP contribution is 2.24. The molecule has 3 rings (SSSR count). The Hall–Kier alpha value is -2.08. The van der Waals surface area contributed by atoms with Gasteiger partial charge in [-0.3, -0.25) is 4.79 Å². The number of hydrogen-bond donors (Lipinski definition) is 0. The minimum Gasteiger partial charge on any atom is -0.442 e. The minimum absolute atomic E-state index is 0.125. The lowest BCUT2D eigenvalue weighted by Gasteiger charge is -2.15. The number of ether oxygens (including phenoxy) is 1. The second-order valence-electron chi connectivity index (χ2n) is 4.64. The van der Waals surface area contributed by atoms with E-state index in [0.29, 0.717) is 16.8 Å². The minimum atomic E-state index is -0.564. The molecular weight excluding hydrogens is 338 g/mol. The molecule has 1 aromatic carbocycles. The van der Waals surface area contributed by atoms with Crippen LogP contribution in [0.4, 0.5) is 5.69 Å². The number of nitrogens with zero attached hydrogens (tertiary/aromatic N) is 1. The molecule has 1 saturated heterocycles. The molecule has 108 valence electrons. The first-order valence-electron chi connectivity index (χ1n) is 6.51. The van der Waals surface area contributed by atoms with E-state index in [1.165, 1.54) is 6.07 Å². The van der Waals surface area contributed by atoms with Gasteiger partial charge in [-0.1, -0.05) is 0 Å². The van der Waals surface area contributed by atoms with E-state index in [1.54, 1.807) is 35.2 Å². The number of carbonyl (C=O) groups is 2. The Balaban J connectivity index is 1.69. The van der Waals surface area contributed by atoms with Crippen LogP contribution in [0.2, 0.25) is 0 Å². The zero-order chi connectivity index (χ0) is 14.8. The summed E-state index contributed by atoms with van der Waals surface area (Å²) < 4.78 is 10.8. The zero-order valence-corrected chi connectivity index (χ0v) is 12.6. The smallest absolute Gasteiger partial charge is 0.379 e. The van der Waals surface area contributed by atoms with E-state index in [9.17, 15) is 9.59 Å². The number of halogens is 1. The second kappa shape index (κ2) is 5.73. The van der Waals surface area contributed by atoms with Crippen LogP contribution in [-0.2, 0) is 4.79 Å². The summed E-state index contributed by atoms with van der Waals surface area (Å²) in [6, 6.07) is 10.0. The fourth-order valence-corrected chi connectivity index (χ4v) is 2.50. The lowest BCUT2D eigenvalue weighted by molar-refractivity contribution is -0.117. The Morgan fingerprint density at radius 3 is 2.52 bits per heavy atom. The van der Waals surface area contributed by atoms with Crippen LogP contribution in [0.5, 0.6) is 5.75 Å². The maximum atomic E-state index is 11.8. The number of esters is 1. The molecule has 1 aromatic heterocycles. The highest BCUT2D eigenvalue weighted by molar-refractivity contribution is 9.10. The second-order valence-corrected chi connectivity index (χ2v) is 5.42. The third-order valence-electron chi connectivity index (χ3n) is 3.21. The Morgan fingerprint density at radius 1 is 1.19 bits per heavy atom. The number of hydrogen-bond acceptors (Lipinski definition) is 4. The van der Waals surface area contributed by atoms with Crippen LogP contribution in [0.1, 0.15) is 23.4 Å². The predicted molar refractivity (Wildman–Crippen MR) is 79.4 cm³/mol. The van der Waals surface area contributed by atoms with Gasteiger partial charge in [-0.15, -0.1) is 0 Å². The number of carbonyl (C=O) groups excluding carboxylic acids is 2. The number of anilines is 1. The topological polar surface area (TPSA) is 59.8 Å². The van der Waals surface area contributed by atoms with E-state index >= 15 is 0 Å². The average Bonchev–Trinajstić information content (AvgIpc) is 3.08. The molecule has 0 bridgehead atoms. The summed E-state index contributed by atoms with van der Waals surface area (Å²) in [7, 11) is 0. The number of amides is 1. The van der Waals surface area contributed by atoms with Crippen molar-refractivity contribution in [2.45, 2.75) is 12.8 Å². The van der Waals surface area contributed by atoms with Crippen LogP contribution in [-0.4, -0.2) is 18.4 Å². The molecule has 0 unspecified atom stereocenters. The van der Waals surface area contributed by atoms with Gasteiger partial charge < -0.3 is 14.1 Å². The molecule has 0 radical (unpaired) electrons. The molecule has 1 aliphatic rings. The average molecular weight is 350 g/mol. The maximum absolute atomic E-state index is 11.8. The molecule has 21 heavy (non-hydrogen) atoms. The van der Waals surface area contributed by atoms with Gasteiger partial charge in [-0.2, -0.15) is 0 Å². The molecule has 1 amide bonds. The van der Waals surface area contributed by atoms with Gasteiger partial charge in [0.2, 0.25) is 11.7 Å². The van der Waals surface area contributed by atoms with Crippen molar-refractivity contribution < 1.29 is 18.7 Å². The molecule has 0 aliphatic carbocycles. The van der Waals surface area contributed by atoms with Crippen LogP contribution >= 0.6 is 15.9 Å². The lowest BCUT2D eigenvalue weighted by Crippen LogP contribution is -2.23. The molecule has 1 aliphatic heterocycles. The summed E-state index contributed by atoms with van der Waals surface area (Å²) in [5, 5.41) is 0. The van der Waals surface area contributed by atoms with E-state index in [4.69, 9.17) is 9.15 Å². The largest absolute Gasteiger partial charge is 0.442 e. The van der Waals surface area contributed by atoms with Gasteiger partial charge in [-0.25, -0.2) is 4.79 Å². The third-order valence-corrected chi connectivity index (χ3v) is 3.63. The van der Waals surface area contributed by atoms with Crippen LogP contribution in [0.15, 0.2) is 45.5 Å². The van der Waals surface area contributed by atoms with Gasteiger partial charge in [0, 0.05) is 18.7 Å². The maximum Gasteiger partial charge on any atom is 0.379 e. The van der Waals surface area contributed by atoms with Crippen molar-refractivity contribution in [3.63, 3.8) is 0 Å². The first-order chi connectivity index (χ1) is 10.1. The normalized spacial score (nSPS) is 14.5. The summed E-state index contributed by atoms with van der Waals surface area (Å²) in [6.45, 7) is 0.735. The van der Waals surface area contributed by atoms with Gasteiger partial charge in [-0.05, 0) is 58.7 Å². The van der Waals surface area contributed by atoms with E-state index in [1.807, 2.05) is 0 Å². The number of benzene rings is 1. The van der Waals surface area contributed by atoms with Gasteiger partial charge in [0.05, 0.1) is 0 Å². The fourth-order valence-electron chi connectivity index (χ4n) is 2.20. The molecule has 2 aromatic rings. The van der Waals surface area contributed by atoms with Gasteiger partial charge >= 0.3 is 5.97 Å². The monoisotopic (exact) mass is 349 g/mol. The van der Waals surface area contributed by atoms with Crippen molar-refractivity contribution in [3.8, 4) is 5.75 Å². The highest BCUT2D eigenvalue weighted by Gasteiger charge is 2.21. The van der Waals surface area contributed by atoms with Crippen LogP contribution in [0.3, 0.4) is 0 Å². The van der Waals surface area contributed by atoms with Crippen LogP contribution < -0.4 is 9.64 Å². The Labute approximate surface area is 129 Å². The van der Waals surface area contributed by atoms with Crippen molar-refractivity contribution in [1.29, 1.82) is 0 Å². The molecule has 1 fully saturated rings. The summed E-state index contributed by atoms with van der Waals surface area (Å²) in [5.41, 5.74) is 0.818. The van der Waals surface area contributed by atoms with Crippen LogP contribution in [0.25, 0.3) is 0 Å². The van der Waals surface area contributed by atoms with E-state index < -0.39 is 5.97 Å². The Morgan fingerprint density at radius 2 is 1.95 bits per heavy atom. The van der Waals surface area contributed by atoms with Gasteiger partial charge in [0.25, 0.3) is 0 Å². The van der Waals surface area contributed by atoms with E-state index in [-0.39, 0.29) is 11.7 Å². The van der Waals surface area contributed by atoms with Crippen molar-refractivity contribution in [3.05, 3.63) is 46.8 Å². The van der Waals surface area contributed by atoms with E-state index in [0.717, 1.165) is 18.7 Å². The zero-order valence-electron chi connectivity index (χ0n) is 11.0. The molecular formula is C15H12BrNO4. The third kappa shape index (κ3) is 3.00. The summed E-state index contributed by atoms with van der Waals surface area (Å²) in [4.78, 5) is 25.2. The number of rotatable bonds is 3. The van der Waals surface area contributed by atoms with Gasteiger partial charge in [0.15, 0.2) is 4.67 Å². The molecule has 2 heterocycles. The fraction of sp³-hybridized carbons (Fsp3) is 0.200. The standard InChI is InChI=1S/C15H12BrNO4/c16-13-8-7-12(21-13)15(19)20-11-5-3-10(4-6-11)17-9-1-2-14(17)18/h3-8H,1-2,9H2. The summed E-state index contributed by atoms with van der Waals surface area (Å²) >= 11 is 3.13. The molecule has 5 nitrogen and oxygen atoms in total. The SMILES string of the molecule is O=C(Oc1ccc(N2CCCC2=O)cc1)c1ccc(Br)o1. The molecule has 0 saturated carbocycles. The molecule has 0 N–H and O–H groups in total. The molecule has 0 atom stereocenters. The lowest BCUT2D eigenvalue weighted by atomic mass is 10.3. The molecule has 0 spiro atoms. The highest BCUT2D eigenvalue weighted by atomic mass is 79.9. The molecule has 6 heteroatoms. The summed E-state index contributed by atoms with van der Waals surface area (Å²) in [6.07, 6.45) is 1.47. The quantitative estimate of drug-likeness (QED) is 0.629. The number of furan rings is 1. The summed E-state index contributed by atoms with van der Waals surface area (Å²) in [5.74, 6) is 0.0921. The van der Waals surface area contributed by atoms with Gasteiger partial charge in [0.1, 0.15) is 5.75 Å². The predicted octanol–water partition coefficient (Wildman–Crippen LogP) is 3.39. The Bertz CT molecular complexity index is 677. The van der Waals surface area contributed by atoms with Crippen molar-refractivity contribution >= 4 is 33.5 Å². The van der Waals surface area contributed by atoms with Crippen molar-refractivity contribution in [2.24, 2.45) is 0 Å². The van der Waals surface area contributed by atoms with E-state index in [2.05, 4.69) is 15.9 Å². The van der Waals surface area contributed by atoms with Crippen molar-refractivity contribution in [2.75, 3.05) is 11.4 Å². The first kappa shape index (κ1) is 13.9. The van der Waals surface area contributed by atoms with Crippen LogP contribution in [0, 0.1) is 0 Å². The van der Waals surface area contributed by atoms with Crippen molar-refractivity contribution in [1.82, 2.24) is 0 Å². The Kier molecular flexibility index (Phi) is 3.79.